The van der Waals surface area contributed by atoms with Crippen molar-refractivity contribution >= 4 is 17.6 Å². The summed E-state index contributed by atoms with van der Waals surface area (Å²) in [6.07, 6.45) is 0.597. The Kier molecular flexibility index (Phi) is 3.45. The molecule has 17 heavy (non-hydrogen) atoms. The molecule has 0 amide bonds. The van der Waals surface area contributed by atoms with E-state index in [0.717, 1.165) is 11.1 Å². The molecule has 0 bridgehead atoms. The van der Waals surface area contributed by atoms with Crippen LogP contribution in [0.15, 0.2) is 48.5 Å². The Morgan fingerprint density at radius 1 is 1.06 bits per heavy atom. The predicted molar refractivity (Wildman–Crippen MR) is 67.7 cm³/mol. The third-order valence-corrected chi connectivity index (χ3v) is 2.81. The van der Waals surface area contributed by atoms with Crippen LogP contribution in [-0.4, -0.2) is 11.1 Å². The maximum Gasteiger partial charge on any atom is 0.335 e. The number of hydrogen-bond donors (Lipinski definition) is 1. The Morgan fingerprint density at radius 2 is 1.71 bits per heavy atom. The van der Waals surface area contributed by atoms with Crippen LogP contribution in [0, 0.1) is 0 Å². The highest BCUT2D eigenvalue weighted by molar-refractivity contribution is 6.30. The molecule has 0 unspecified atom stereocenters. The smallest absolute Gasteiger partial charge is 0.335 e. The molecule has 2 rings (SSSR count). The molecule has 0 saturated heterocycles. The molecule has 0 saturated carbocycles. The summed E-state index contributed by atoms with van der Waals surface area (Å²) in [6.45, 7) is 0. The summed E-state index contributed by atoms with van der Waals surface area (Å²) >= 11 is 5.80. The molecule has 0 aliphatic carbocycles. The first-order valence-electron chi connectivity index (χ1n) is 5.22. The molecule has 2 aromatic rings. The molecule has 0 fully saturated rings. The summed E-state index contributed by atoms with van der Waals surface area (Å²) in [5.41, 5.74) is 2.20. The van der Waals surface area contributed by atoms with Gasteiger partial charge in [-0.25, -0.2) is 4.79 Å². The number of carbonyl (C=O) groups is 1. The summed E-state index contributed by atoms with van der Waals surface area (Å²) in [7, 11) is 0. The van der Waals surface area contributed by atoms with E-state index < -0.39 is 5.97 Å². The zero-order chi connectivity index (χ0) is 12.3. The number of benzene rings is 2. The van der Waals surface area contributed by atoms with E-state index in [1.165, 1.54) is 0 Å². The molecule has 86 valence electrons. The Balaban J connectivity index is 2.30. The highest BCUT2D eigenvalue weighted by Gasteiger charge is 2.08. The van der Waals surface area contributed by atoms with Crippen molar-refractivity contribution in [2.45, 2.75) is 6.42 Å². The lowest BCUT2D eigenvalue weighted by atomic mass is 10.00. The summed E-state index contributed by atoms with van der Waals surface area (Å²) < 4.78 is 0. The van der Waals surface area contributed by atoms with Gasteiger partial charge in [0.1, 0.15) is 0 Å². The van der Waals surface area contributed by atoms with E-state index >= 15 is 0 Å². The molecule has 2 nitrogen and oxygen atoms in total. The van der Waals surface area contributed by atoms with Gasteiger partial charge >= 0.3 is 5.97 Å². The molecule has 0 spiro atoms. The van der Waals surface area contributed by atoms with Crippen molar-refractivity contribution in [2.24, 2.45) is 0 Å². The van der Waals surface area contributed by atoms with Gasteiger partial charge in [-0.05, 0) is 35.7 Å². The fourth-order valence-corrected chi connectivity index (χ4v) is 1.83. The molecule has 1 N–H and O–H groups in total. The SMILES string of the molecule is O=C(O)c1ccccc1Cc1ccc(Cl)cc1. The van der Waals surface area contributed by atoms with Crippen molar-refractivity contribution in [1.82, 2.24) is 0 Å². The van der Waals surface area contributed by atoms with Crippen LogP contribution in [0.5, 0.6) is 0 Å². The van der Waals surface area contributed by atoms with Crippen molar-refractivity contribution in [3.05, 3.63) is 70.2 Å². The third kappa shape index (κ3) is 2.86. The van der Waals surface area contributed by atoms with Crippen LogP contribution in [0.4, 0.5) is 0 Å². The summed E-state index contributed by atoms with van der Waals surface area (Å²) in [4.78, 5) is 11.0. The number of halogens is 1. The molecule has 2 aromatic carbocycles. The van der Waals surface area contributed by atoms with Crippen LogP contribution < -0.4 is 0 Å². The standard InChI is InChI=1S/C14H11ClO2/c15-12-7-5-10(6-8-12)9-11-3-1-2-4-13(11)14(16)17/h1-8H,9H2,(H,16,17). The molecular formula is C14H11ClO2. The van der Waals surface area contributed by atoms with Gasteiger partial charge in [-0.15, -0.1) is 0 Å². The lowest BCUT2D eigenvalue weighted by Crippen LogP contribution is -2.02. The first-order valence-corrected chi connectivity index (χ1v) is 5.60. The molecule has 0 aromatic heterocycles. The minimum Gasteiger partial charge on any atom is -0.478 e. The van der Waals surface area contributed by atoms with E-state index in [-0.39, 0.29) is 0 Å². The average molecular weight is 247 g/mol. The van der Waals surface area contributed by atoms with Gasteiger partial charge in [-0.2, -0.15) is 0 Å². The molecule has 0 aliphatic rings. The molecule has 0 radical (unpaired) electrons. The highest BCUT2D eigenvalue weighted by Crippen LogP contribution is 2.16. The number of aromatic carboxylic acids is 1. The monoisotopic (exact) mass is 246 g/mol. The number of rotatable bonds is 3. The van der Waals surface area contributed by atoms with E-state index in [1.54, 1.807) is 24.3 Å². The molecule has 0 heterocycles. The van der Waals surface area contributed by atoms with Crippen molar-refractivity contribution in [3.63, 3.8) is 0 Å². The van der Waals surface area contributed by atoms with Crippen molar-refractivity contribution in [3.8, 4) is 0 Å². The van der Waals surface area contributed by atoms with Crippen molar-refractivity contribution in [2.75, 3.05) is 0 Å². The fraction of sp³-hybridized carbons (Fsp3) is 0.0714. The molecule has 0 aliphatic heterocycles. The van der Waals surface area contributed by atoms with Crippen LogP contribution in [0.25, 0.3) is 0 Å². The second-order valence-electron chi connectivity index (χ2n) is 3.77. The second kappa shape index (κ2) is 5.02. The third-order valence-electron chi connectivity index (χ3n) is 2.56. The summed E-state index contributed by atoms with van der Waals surface area (Å²) in [6, 6.07) is 14.4. The van der Waals surface area contributed by atoms with Crippen LogP contribution >= 0.6 is 11.6 Å². The van der Waals surface area contributed by atoms with Crippen LogP contribution in [0.3, 0.4) is 0 Å². The van der Waals surface area contributed by atoms with E-state index in [4.69, 9.17) is 16.7 Å². The fourth-order valence-electron chi connectivity index (χ4n) is 1.71. The first kappa shape index (κ1) is 11.7. The second-order valence-corrected chi connectivity index (χ2v) is 4.20. The largest absolute Gasteiger partial charge is 0.478 e. The van der Waals surface area contributed by atoms with E-state index in [9.17, 15) is 4.79 Å². The van der Waals surface area contributed by atoms with Gasteiger partial charge in [-0.1, -0.05) is 41.9 Å². The lowest BCUT2D eigenvalue weighted by molar-refractivity contribution is 0.0696. The van der Waals surface area contributed by atoms with Gasteiger partial charge in [0, 0.05) is 5.02 Å². The Bertz CT molecular complexity index is 532. The molecule has 0 atom stereocenters. The minimum absolute atomic E-state index is 0.349. The maximum atomic E-state index is 11.0. The average Bonchev–Trinajstić information content (AvgIpc) is 2.32. The van der Waals surface area contributed by atoms with Crippen LogP contribution in [0.1, 0.15) is 21.5 Å². The van der Waals surface area contributed by atoms with Crippen LogP contribution in [-0.2, 0) is 6.42 Å². The summed E-state index contributed by atoms with van der Waals surface area (Å²) in [5.74, 6) is -0.894. The predicted octanol–water partition coefficient (Wildman–Crippen LogP) is 3.63. The number of carboxylic acid groups (broad SMARTS) is 1. The van der Waals surface area contributed by atoms with Gasteiger partial charge in [0.25, 0.3) is 0 Å². The van der Waals surface area contributed by atoms with Gasteiger partial charge in [-0.3, -0.25) is 0 Å². The number of hydrogen-bond acceptors (Lipinski definition) is 1. The van der Waals surface area contributed by atoms with Crippen molar-refractivity contribution < 1.29 is 9.90 Å². The van der Waals surface area contributed by atoms with E-state index in [2.05, 4.69) is 0 Å². The van der Waals surface area contributed by atoms with Gasteiger partial charge < -0.3 is 5.11 Å². The normalized spacial score (nSPS) is 10.2. The Labute approximate surface area is 104 Å². The van der Waals surface area contributed by atoms with Gasteiger partial charge in [0.15, 0.2) is 0 Å². The Hall–Kier alpha value is -1.80. The molecule has 3 heteroatoms. The Morgan fingerprint density at radius 3 is 2.35 bits per heavy atom. The van der Waals surface area contributed by atoms with Gasteiger partial charge in [0.2, 0.25) is 0 Å². The van der Waals surface area contributed by atoms with E-state index in [0.29, 0.717) is 17.0 Å². The highest BCUT2D eigenvalue weighted by atomic mass is 35.5. The zero-order valence-electron chi connectivity index (χ0n) is 9.06. The topological polar surface area (TPSA) is 37.3 Å². The number of carboxylic acids is 1. The summed E-state index contributed by atoms with van der Waals surface area (Å²) in [5, 5.41) is 9.75. The molecular weight excluding hydrogens is 236 g/mol. The first-order chi connectivity index (χ1) is 8.16. The zero-order valence-corrected chi connectivity index (χ0v) is 9.82. The van der Waals surface area contributed by atoms with Crippen molar-refractivity contribution in [1.29, 1.82) is 0 Å². The minimum atomic E-state index is -0.894. The lowest BCUT2D eigenvalue weighted by Gasteiger charge is -2.06. The van der Waals surface area contributed by atoms with E-state index in [1.807, 2.05) is 24.3 Å². The van der Waals surface area contributed by atoms with Crippen LogP contribution in [0.2, 0.25) is 5.02 Å². The maximum absolute atomic E-state index is 11.0. The van der Waals surface area contributed by atoms with Gasteiger partial charge in [0.05, 0.1) is 5.56 Å². The quantitative estimate of drug-likeness (QED) is 0.898.